The predicted molar refractivity (Wildman–Crippen MR) is 99.5 cm³/mol. The van der Waals surface area contributed by atoms with Crippen LogP contribution in [0.5, 0.6) is 5.75 Å². The monoisotopic (exact) mass is 384 g/mol. The number of nitrogens with zero attached hydrogens (tertiary/aromatic N) is 5. The van der Waals surface area contributed by atoms with E-state index < -0.39 is 0 Å². The average molecular weight is 384 g/mol. The number of para-hydroxylation sites is 1. The number of carbonyl (C=O) groups is 1. The first-order valence-electron chi connectivity index (χ1n) is 8.85. The molecular formula is C18H20N6O2S. The lowest BCUT2D eigenvalue weighted by Gasteiger charge is -2.27. The van der Waals surface area contributed by atoms with Crippen LogP contribution in [-0.2, 0) is 6.61 Å². The Hall–Kier alpha value is -2.81. The van der Waals surface area contributed by atoms with E-state index >= 15 is 0 Å². The van der Waals surface area contributed by atoms with Crippen molar-refractivity contribution in [3.63, 3.8) is 0 Å². The third kappa shape index (κ3) is 3.82. The fourth-order valence-corrected chi connectivity index (χ4v) is 4.18. The van der Waals surface area contributed by atoms with Crippen LogP contribution in [0.4, 0.5) is 0 Å². The number of aromatic nitrogens is 5. The van der Waals surface area contributed by atoms with Gasteiger partial charge in [-0.1, -0.05) is 29.8 Å². The maximum Gasteiger partial charge on any atom is 0.273 e. The molecule has 1 aliphatic rings. The molecular weight excluding hydrogens is 364 g/mol. The van der Waals surface area contributed by atoms with Crippen molar-refractivity contribution >= 4 is 17.2 Å². The lowest BCUT2D eigenvalue weighted by Crippen LogP contribution is -2.39. The molecule has 140 valence electrons. The molecule has 0 spiro atoms. The van der Waals surface area contributed by atoms with Crippen LogP contribution in [0.3, 0.4) is 0 Å². The Balaban J connectivity index is 1.41. The van der Waals surface area contributed by atoms with Crippen molar-refractivity contribution in [3.8, 4) is 5.75 Å². The number of aromatic amines is 1. The van der Waals surface area contributed by atoms with E-state index in [-0.39, 0.29) is 17.9 Å². The number of nitrogens with one attached hydrogen (secondary N) is 1. The third-order valence-electron chi connectivity index (χ3n) is 4.87. The maximum absolute atomic E-state index is 12.9. The molecule has 2 unspecified atom stereocenters. The zero-order valence-corrected chi connectivity index (χ0v) is 15.7. The first-order chi connectivity index (χ1) is 13.2. The minimum Gasteiger partial charge on any atom is -0.486 e. The molecule has 9 heteroatoms. The standard InChI is InChI=1S/C18H20N6O2S/c1-24(15-9-5-8-13(15)17-20-22-23-21-17)18(25)14-11-27-16(19-14)10-26-12-6-3-2-4-7-12/h2-4,6-7,11,13,15H,5,8-10H2,1H3,(H,20,21,22,23). The number of tetrazole rings is 1. The van der Waals surface area contributed by atoms with Gasteiger partial charge in [0, 0.05) is 24.4 Å². The van der Waals surface area contributed by atoms with Crippen LogP contribution in [0, 0.1) is 0 Å². The molecule has 2 aromatic heterocycles. The molecule has 2 atom stereocenters. The molecule has 0 aliphatic heterocycles. The van der Waals surface area contributed by atoms with E-state index in [1.54, 1.807) is 10.3 Å². The van der Waals surface area contributed by atoms with Crippen molar-refractivity contribution in [3.05, 3.63) is 52.2 Å². The highest BCUT2D eigenvalue weighted by Gasteiger charge is 2.36. The molecule has 1 saturated carbocycles. The summed E-state index contributed by atoms with van der Waals surface area (Å²) in [4.78, 5) is 19.1. The number of benzene rings is 1. The van der Waals surface area contributed by atoms with Gasteiger partial charge >= 0.3 is 0 Å². The van der Waals surface area contributed by atoms with E-state index in [1.165, 1.54) is 11.3 Å². The number of carbonyl (C=O) groups excluding carboxylic acids is 1. The first kappa shape index (κ1) is 17.6. The van der Waals surface area contributed by atoms with Gasteiger partial charge in [-0.05, 0) is 25.0 Å². The number of hydrogen-bond donors (Lipinski definition) is 1. The highest BCUT2D eigenvalue weighted by molar-refractivity contribution is 7.09. The summed E-state index contributed by atoms with van der Waals surface area (Å²) in [5, 5.41) is 16.9. The van der Waals surface area contributed by atoms with Crippen molar-refractivity contribution in [2.45, 2.75) is 37.8 Å². The number of amides is 1. The number of rotatable bonds is 6. The van der Waals surface area contributed by atoms with Gasteiger partial charge in [0.05, 0.1) is 0 Å². The number of thiazole rings is 1. The van der Waals surface area contributed by atoms with Gasteiger partial charge in [0.2, 0.25) is 0 Å². The lowest BCUT2D eigenvalue weighted by atomic mass is 10.0. The zero-order chi connectivity index (χ0) is 18.6. The van der Waals surface area contributed by atoms with Crippen molar-refractivity contribution in [1.82, 2.24) is 30.5 Å². The Labute approximate surface area is 160 Å². The van der Waals surface area contributed by atoms with Crippen molar-refractivity contribution in [2.24, 2.45) is 0 Å². The SMILES string of the molecule is CN(C(=O)c1csc(COc2ccccc2)n1)C1CCCC1c1nn[nH]n1. The Morgan fingerprint density at radius 2 is 2.19 bits per heavy atom. The summed E-state index contributed by atoms with van der Waals surface area (Å²) >= 11 is 1.43. The van der Waals surface area contributed by atoms with Gasteiger partial charge in [-0.25, -0.2) is 4.98 Å². The first-order valence-corrected chi connectivity index (χ1v) is 9.73. The molecule has 0 radical (unpaired) electrons. The molecule has 8 nitrogen and oxygen atoms in total. The smallest absolute Gasteiger partial charge is 0.273 e. The summed E-state index contributed by atoms with van der Waals surface area (Å²) in [7, 11) is 1.82. The second-order valence-corrected chi connectivity index (χ2v) is 7.46. The van der Waals surface area contributed by atoms with Gasteiger partial charge in [-0.3, -0.25) is 4.79 Å². The van der Waals surface area contributed by atoms with Crippen molar-refractivity contribution < 1.29 is 9.53 Å². The number of likely N-dealkylation sites (N-methyl/N-ethyl adjacent to an activating group) is 1. The topological polar surface area (TPSA) is 96.9 Å². The second kappa shape index (κ2) is 7.83. The van der Waals surface area contributed by atoms with Crippen LogP contribution in [0.25, 0.3) is 0 Å². The normalized spacial score (nSPS) is 19.1. The van der Waals surface area contributed by atoms with Crippen molar-refractivity contribution in [2.75, 3.05) is 7.05 Å². The van der Waals surface area contributed by atoms with Gasteiger partial charge in [0.1, 0.15) is 23.1 Å². The minimum absolute atomic E-state index is 0.0563. The molecule has 1 fully saturated rings. The maximum atomic E-state index is 12.9. The summed E-state index contributed by atoms with van der Waals surface area (Å²) < 4.78 is 5.71. The molecule has 0 bridgehead atoms. The van der Waals surface area contributed by atoms with E-state index in [1.807, 2.05) is 37.4 Å². The van der Waals surface area contributed by atoms with Gasteiger partial charge in [0.25, 0.3) is 5.91 Å². The van der Waals surface area contributed by atoms with Gasteiger partial charge in [-0.15, -0.1) is 21.5 Å². The molecule has 1 aromatic carbocycles. The number of ether oxygens (including phenoxy) is 1. The van der Waals surface area contributed by atoms with Crippen LogP contribution in [0.2, 0.25) is 0 Å². The largest absolute Gasteiger partial charge is 0.486 e. The zero-order valence-electron chi connectivity index (χ0n) is 14.9. The molecule has 4 rings (SSSR count). The third-order valence-corrected chi connectivity index (χ3v) is 5.69. The number of H-pyrrole nitrogens is 1. The van der Waals surface area contributed by atoms with Crippen LogP contribution >= 0.6 is 11.3 Å². The van der Waals surface area contributed by atoms with Gasteiger partial charge in [-0.2, -0.15) is 5.21 Å². The molecule has 3 aromatic rings. The van der Waals surface area contributed by atoms with E-state index in [2.05, 4.69) is 25.6 Å². The second-order valence-electron chi connectivity index (χ2n) is 6.52. The lowest BCUT2D eigenvalue weighted by molar-refractivity contribution is 0.0714. The van der Waals surface area contributed by atoms with Crippen LogP contribution < -0.4 is 4.74 Å². The van der Waals surface area contributed by atoms with Gasteiger partial charge < -0.3 is 9.64 Å². The highest BCUT2D eigenvalue weighted by Crippen LogP contribution is 2.36. The molecule has 2 heterocycles. The summed E-state index contributed by atoms with van der Waals surface area (Å²) in [5.41, 5.74) is 0.452. The molecule has 0 saturated heterocycles. The Bertz CT molecular complexity index is 882. The fourth-order valence-electron chi connectivity index (χ4n) is 3.50. The van der Waals surface area contributed by atoms with Crippen LogP contribution in [-0.4, -0.2) is 49.5 Å². The summed E-state index contributed by atoms with van der Waals surface area (Å²) in [6, 6.07) is 9.62. The van der Waals surface area contributed by atoms with Crippen molar-refractivity contribution in [1.29, 1.82) is 0 Å². The summed E-state index contributed by atoms with van der Waals surface area (Å²) in [6.07, 6.45) is 2.92. The quantitative estimate of drug-likeness (QED) is 0.702. The molecule has 27 heavy (non-hydrogen) atoms. The van der Waals surface area contributed by atoms with Crippen LogP contribution in [0.15, 0.2) is 35.7 Å². The van der Waals surface area contributed by atoms with E-state index in [0.29, 0.717) is 18.1 Å². The molecule has 1 aliphatic carbocycles. The minimum atomic E-state index is -0.0855. The molecule has 1 amide bonds. The highest BCUT2D eigenvalue weighted by atomic mass is 32.1. The number of hydrogen-bond acceptors (Lipinski definition) is 7. The van der Waals surface area contributed by atoms with Crippen LogP contribution in [0.1, 0.15) is 46.5 Å². The Kier molecular flexibility index (Phi) is 5.10. The van der Waals surface area contributed by atoms with E-state index in [4.69, 9.17) is 4.74 Å². The average Bonchev–Trinajstić information content (AvgIpc) is 3.47. The Morgan fingerprint density at radius 1 is 1.33 bits per heavy atom. The van der Waals surface area contributed by atoms with Gasteiger partial charge in [0.15, 0.2) is 5.82 Å². The fraction of sp³-hybridized carbons (Fsp3) is 0.389. The predicted octanol–water partition coefficient (Wildman–Crippen LogP) is 2.64. The summed E-state index contributed by atoms with van der Waals surface area (Å²) in [6.45, 7) is 0.348. The Morgan fingerprint density at radius 3 is 2.96 bits per heavy atom. The van der Waals surface area contributed by atoms with E-state index in [0.717, 1.165) is 30.0 Å². The molecule has 1 N–H and O–H groups in total. The van der Waals surface area contributed by atoms with E-state index in [9.17, 15) is 4.79 Å². The summed E-state index contributed by atoms with van der Waals surface area (Å²) in [5.74, 6) is 1.48.